The van der Waals surface area contributed by atoms with E-state index in [-0.39, 0.29) is 6.61 Å². The molecule has 0 bridgehead atoms. The zero-order valence-electron chi connectivity index (χ0n) is 7.78. The van der Waals surface area contributed by atoms with Crippen molar-refractivity contribution in [2.45, 2.75) is 6.92 Å². The van der Waals surface area contributed by atoms with E-state index in [1.54, 1.807) is 18.2 Å². The average molecular weight is 190 g/mol. The van der Waals surface area contributed by atoms with E-state index in [9.17, 15) is 4.79 Å². The predicted molar refractivity (Wildman–Crippen MR) is 51.5 cm³/mol. The summed E-state index contributed by atoms with van der Waals surface area (Å²) in [6, 6.07) is 6.66. The zero-order valence-corrected chi connectivity index (χ0v) is 7.78. The van der Waals surface area contributed by atoms with E-state index in [1.807, 2.05) is 6.92 Å². The number of hydrogen-bond donors (Lipinski definition) is 1. The fraction of sp³-hybridized carbons (Fsp3) is 0.200. The summed E-state index contributed by atoms with van der Waals surface area (Å²) >= 11 is 0. The number of rotatable bonds is 2. The molecular formula is C10H10N2O2. The van der Waals surface area contributed by atoms with Crippen LogP contribution in [0.4, 0.5) is 5.69 Å². The number of nitrogen functional groups attached to an aromatic ring is 1. The van der Waals surface area contributed by atoms with Crippen LogP contribution in [0.15, 0.2) is 18.2 Å². The minimum Gasteiger partial charge on any atom is -0.447 e. The molecule has 0 aliphatic rings. The van der Waals surface area contributed by atoms with Crippen LogP contribution in [-0.4, -0.2) is 12.6 Å². The average Bonchev–Trinajstić information content (AvgIpc) is 2.12. The summed E-state index contributed by atoms with van der Waals surface area (Å²) in [5, 5.41) is 8.22. The van der Waals surface area contributed by atoms with E-state index in [2.05, 4.69) is 4.74 Å². The molecule has 1 rings (SSSR count). The van der Waals surface area contributed by atoms with Crippen molar-refractivity contribution < 1.29 is 9.53 Å². The second-order valence-corrected chi connectivity index (χ2v) is 2.87. The number of aryl methyl sites for hydroxylation is 1. The summed E-state index contributed by atoms with van der Waals surface area (Å²) in [5.41, 5.74) is 7.32. The topological polar surface area (TPSA) is 76.1 Å². The minimum atomic E-state index is -0.526. The normalized spacial score (nSPS) is 9.14. The lowest BCUT2D eigenvalue weighted by molar-refractivity contribution is 0.0555. The maximum atomic E-state index is 11.3. The lowest BCUT2D eigenvalue weighted by Crippen LogP contribution is -2.06. The molecule has 0 aromatic heterocycles. The van der Waals surface area contributed by atoms with Crippen molar-refractivity contribution in [3.63, 3.8) is 0 Å². The third kappa shape index (κ3) is 2.49. The SMILES string of the molecule is Cc1cc(N)cc(C(=O)OCC#N)c1. The summed E-state index contributed by atoms with van der Waals surface area (Å²) in [7, 11) is 0. The molecule has 0 atom stereocenters. The van der Waals surface area contributed by atoms with E-state index < -0.39 is 5.97 Å². The van der Waals surface area contributed by atoms with Gasteiger partial charge in [-0.05, 0) is 30.7 Å². The smallest absolute Gasteiger partial charge is 0.339 e. The Morgan fingerprint density at radius 2 is 2.29 bits per heavy atom. The van der Waals surface area contributed by atoms with E-state index in [0.717, 1.165) is 5.56 Å². The van der Waals surface area contributed by atoms with E-state index in [4.69, 9.17) is 11.0 Å². The highest BCUT2D eigenvalue weighted by Crippen LogP contribution is 2.12. The summed E-state index contributed by atoms with van der Waals surface area (Å²) in [4.78, 5) is 11.3. The third-order valence-corrected chi connectivity index (χ3v) is 1.60. The Balaban J connectivity index is 2.85. The van der Waals surface area contributed by atoms with Gasteiger partial charge in [-0.1, -0.05) is 0 Å². The number of benzene rings is 1. The van der Waals surface area contributed by atoms with E-state index >= 15 is 0 Å². The van der Waals surface area contributed by atoms with Crippen molar-refractivity contribution >= 4 is 11.7 Å². The van der Waals surface area contributed by atoms with E-state index in [0.29, 0.717) is 11.3 Å². The van der Waals surface area contributed by atoms with Gasteiger partial charge in [0, 0.05) is 5.69 Å². The molecule has 0 amide bonds. The largest absolute Gasteiger partial charge is 0.447 e. The Hall–Kier alpha value is -2.02. The van der Waals surface area contributed by atoms with Crippen LogP contribution in [-0.2, 0) is 4.74 Å². The van der Waals surface area contributed by atoms with Crippen LogP contribution in [0.1, 0.15) is 15.9 Å². The second kappa shape index (κ2) is 4.28. The molecule has 1 aromatic rings. The van der Waals surface area contributed by atoms with Crippen LogP contribution >= 0.6 is 0 Å². The van der Waals surface area contributed by atoms with Crippen molar-refractivity contribution in [2.75, 3.05) is 12.3 Å². The van der Waals surface area contributed by atoms with Crippen LogP contribution < -0.4 is 5.73 Å². The predicted octanol–water partition coefficient (Wildman–Crippen LogP) is 1.26. The van der Waals surface area contributed by atoms with Crippen molar-refractivity contribution in [3.8, 4) is 6.07 Å². The molecule has 1 aromatic carbocycles. The number of hydrogen-bond acceptors (Lipinski definition) is 4. The van der Waals surface area contributed by atoms with Gasteiger partial charge in [0.25, 0.3) is 0 Å². The molecule has 0 saturated heterocycles. The number of ether oxygens (including phenoxy) is 1. The number of anilines is 1. The van der Waals surface area contributed by atoms with Crippen molar-refractivity contribution in [1.82, 2.24) is 0 Å². The first-order valence-corrected chi connectivity index (χ1v) is 4.04. The molecule has 72 valence electrons. The minimum absolute atomic E-state index is 0.243. The van der Waals surface area contributed by atoms with Crippen LogP contribution in [0.5, 0.6) is 0 Å². The number of nitrogens with zero attached hydrogens (tertiary/aromatic N) is 1. The molecule has 14 heavy (non-hydrogen) atoms. The number of carbonyl (C=O) groups is 1. The quantitative estimate of drug-likeness (QED) is 0.562. The number of nitriles is 1. The second-order valence-electron chi connectivity index (χ2n) is 2.87. The maximum Gasteiger partial charge on any atom is 0.339 e. The van der Waals surface area contributed by atoms with Gasteiger partial charge in [-0.25, -0.2) is 4.79 Å². The van der Waals surface area contributed by atoms with Gasteiger partial charge in [0.2, 0.25) is 0 Å². The maximum absolute atomic E-state index is 11.3. The Labute approximate surface area is 81.9 Å². The molecule has 0 aliphatic carbocycles. The first-order chi connectivity index (χ1) is 6.63. The lowest BCUT2D eigenvalue weighted by Gasteiger charge is -2.03. The fourth-order valence-electron chi connectivity index (χ4n) is 1.11. The molecule has 0 fully saturated rings. The molecule has 0 spiro atoms. The highest BCUT2D eigenvalue weighted by Gasteiger charge is 2.07. The van der Waals surface area contributed by atoms with Crippen LogP contribution in [0.3, 0.4) is 0 Å². The third-order valence-electron chi connectivity index (χ3n) is 1.60. The van der Waals surface area contributed by atoms with Gasteiger partial charge < -0.3 is 10.5 Å². The highest BCUT2D eigenvalue weighted by atomic mass is 16.5. The van der Waals surface area contributed by atoms with Gasteiger partial charge in [-0.2, -0.15) is 5.26 Å². The Kier molecular flexibility index (Phi) is 3.08. The number of esters is 1. The van der Waals surface area contributed by atoms with Gasteiger partial charge >= 0.3 is 5.97 Å². The molecule has 2 N–H and O–H groups in total. The Morgan fingerprint density at radius 3 is 2.86 bits per heavy atom. The molecule has 0 unspecified atom stereocenters. The lowest BCUT2D eigenvalue weighted by atomic mass is 10.1. The Morgan fingerprint density at radius 1 is 1.57 bits per heavy atom. The van der Waals surface area contributed by atoms with Crippen LogP contribution in [0.2, 0.25) is 0 Å². The van der Waals surface area contributed by atoms with Gasteiger partial charge in [-0.3, -0.25) is 0 Å². The van der Waals surface area contributed by atoms with Gasteiger partial charge in [0.15, 0.2) is 6.61 Å². The first kappa shape index (κ1) is 10.1. The first-order valence-electron chi connectivity index (χ1n) is 4.04. The van der Waals surface area contributed by atoms with Gasteiger partial charge in [0.1, 0.15) is 6.07 Å². The fourth-order valence-corrected chi connectivity index (χ4v) is 1.11. The summed E-state index contributed by atoms with van der Waals surface area (Å²) in [5.74, 6) is -0.526. The summed E-state index contributed by atoms with van der Waals surface area (Å²) in [6.07, 6.45) is 0. The summed E-state index contributed by atoms with van der Waals surface area (Å²) in [6.45, 7) is 1.59. The highest BCUT2D eigenvalue weighted by molar-refractivity contribution is 5.90. The molecule has 4 heteroatoms. The number of nitrogens with two attached hydrogens (primary N) is 1. The van der Waals surface area contributed by atoms with Crippen molar-refractivity contribution in [1.29, 1.82) is 5.26 Å². The molecular weight excluding hydrogens is 180 g/mol. The van der Waals surface area contributed by atoms with Crippen LogP contribution in [0, 0.1) is 18.3 Å². The number of carbonyl (C=O) groups excluding carboxylic acids is 1. The molecule has 0 saturated carbocycles. The van der Waals surface area contributed by atoms with Crippen molar-refractivity contribution in [3.05, 3.63) is 29.3 Å². The Bertz CT molecular complexity index is 373. The monoisotopic (exact) mass is 190 g/mol. The molecule has 4 nitrogen and oxygen atoms in total. The molecule has 0 aliphatic heterocycles. The van der Waals surface area contributed by atoms with Gasteiger partial charge in [-0.15, -0.1) is 0 Å². The zero-order chi connectivity index (χ0) is 10.6. The van der Waals surface area contributed by atoms with Crippen molar-refractivity contribution in [2.24, 2.45) is 0 Å². The summed E-state index contributed by atoms with van der Waals surface area (Å²) < 4.78 is 4.63. The molecule has 0 heterocycles. The molecule has 0 radical (unpaired) electrons. The van der Waals surface area contributed by atoms with Gasteiger partial charge in [0.05, 0.1) is 5.56 Å². The van der Waals surface area contributed by atoms with Crippen LogP contribution in [0.25, 0.3) is 0 Å². The van der Waals surface area contributed by atoms with E-state index in [1.165, 1.54) is 6.07 Å². The standard InChI is InChI=1S/C10H10N2O2/c1-7-4-8(6-9(12)5-7)10(13)14-3-2-11/h4-6H,3,12H2,1H3.